The van der Waals surface area contributed by atoms with Gasteiger partial charge in [-0.2, -0.15) is 26.3 Å². The van der Waals surface area contributed by atoms with Crippen LogP contribution in [0.4, 0.5) is 61.5 Å². The van der Waals surface area contributed by atoms with Crippen LogP contribution in [0.3, 0.4) is 0 Å². The molecule has 0 aliphatic heterocycles. The van der Waals surface area contributed by atoms with Crippen molar-refractivity contribution in [1.29, 1.82) is 0 Å². The number of nitrogens with zero attached hydrogens (tertiary/aromatic N) is 4. The second kappa shape index (κ2) is 33.5. The van der Waals surface area contributed by atoms with E-state index in [-0.39, 0.29) is 38.0 Å². The molecule has 116 heavy (non-hydrogen) atoms. The highest BCUT2D eigenvalue weighted by atomic mass is 35.5. The molecule has 16 rings (SSSR count). The monoisotopic (exact) mass is 1680 g/mol. The van der Waals surface area contributed by atoms with Crippen molar-refractivity contribution in [3.63, 3.8) is 0 Å². The minimum absolute atomic E-state index is 0.155. The van der Waals surface area contributed by atoms with Gasteiger partial charge in [0.05, 0.1) is 49.0 Å². The second-order valence-corrected chi connectivity index (χ2v) is 27.1. The van der Waals surface area contributed by atoms with Gasteiger partial charge in [0.25, 0.3) is 0 Å². The Morgan fingerprint density at radius 3 is 0.905 bits per heavy atom. The SMILES string of the molecule is Cc1[nH]c(-c2ccc(-c3ccc(C(F)(F)F)cc3)o2)nc1-c1ccccc1.Cc1[nH]c(-c2ccc(-c3ccc(Cl)c(C(F)(F)F)c3)o2)nc1-c1ccc(F)cc1.Cc1[nH]c(-c2ccc(-c3ccc(Cl)c(OC(F)(F)F)c3)o2)nc1-c1ccc(Cl)cc1.Cc1[nH]c(-c2ccc(-c3ccc(Cl)c(OC(F)(F)F)c3)o2)nc1-c1ccc(F)cc1. The summed E-state index contributed by atoms with van der Waals surface area (Å²) in [4.78, 5) is 30.7. The lowest BCUT2D eigenvalue weighted by molar-refractivity contribution is -0.275. The molecule has 0 aliphatic carbocycles. The van der Waals surface area contributed by atoms with Gasteiger partial charge in [0.1, 0.15) is 46.2 Å². The largest absolute Gasteiger partial charge is 0.573 e. The van der Waals surface area contributed by atoms with Crippen LogP contribution < -0.4 is 9.47 Å². The Hall–Kier alpha value is -12.5. The van der Waals surface area contributed by atoms with E-state index >= 15 is 0 Å². The molecule has 4 N–H and O–H groups in total. The molecule has 0 atom stereocenters. The number of hydrogen-bond acceptors (Lipinski definition) is 10. The van der Waals surface area contributed by atoms with Crippen molar-refractivity contribution in [1.82, 2.24) is 39.9 Å². The van der Waals surface area contributed by atoms with E-state index in [2.05, 4.69) is 49.3 Å². The van der Waals surface area contributed by atoms with Crippen LogP contribution in [-0.4, -0.2) is 52.6 Å². The van der Waals surface area contributed by atoms with Gasteiger partial charge < -0.3 is 47.1 Å². The van der Waals surface area contributed by atoms with Crippen LogP contribution in [0, 0.1) is 39.3 Å². The number of H-pyrrole nitrogens is 4. The minimum atomic E-state index is -4.86. The number of hydrogen-bond donors (Lipinski definition) is 4. The predicted molar refractivity (Wildman–Crippen MR) is 411 cm³/mol. The fraction of sp³-hybridized carbons (Fsp3) is 0.0952. The summed E-state index contributed by atoms with van der Waals surface area (Å²) < 4.78 is 210. The Morgan fingerprint density at radius 1 is 0.293 bits per heavy atom. The van der Waals surface area contributed by atoms with Crippen molar-refractivity contribution < 1.29 is 88.6 Å². The quantitative estimate of drug-likeness (QED) is 0.0764. The van der Waals surface area contributed by atoms with Crippen molar-refractivity contribution in [2.75, 3.05) is 0 Å². The fourth-order valence-corrected chi connectivity index (χ4v) is 12.4. The van der Waals surface area contributed by atoms with Crippen molar-refractivity contribution >= 4 is 46.4 Å². The Labute approximate surface area is 668 Å². The first-order valence-electron chi connectivity index (χ1n) is 34.2. The lowest BCUT2D eigenvalue weighted by atomic mass is 10.1. The number of halogens is 18. The van der Waals surface area contributed by atoms with Crippen LogP contribution in [-0.2, 0) is 12.4 Å². The van der Waals surface area contributed by atoms with Gasteiger partial charge in [-0.05, 0) is 204 Å². The highest BCUT2D eigenvalue weighted by molar-refractivity contribution is 6.32. The molecule has 8 heterocycles. The highest BCUT2D eigenvalue weighted by Crippen LogP contribution is 2.43. The summed E-state index contributed by atoms with van der Waals surface area (Å²) in [5.74, 6) is 3.27. The smallest absolute Gasteiger partial charge is 0.453 e. The molecule has 592 valence electrons. The predicted octanol–water partition coefficient (Wildman–Crippen LogP) is 28.0. The summed E-state index contributed by atoms with van der Waals surface area (Å²) in [6.45, 7) is 7.44. The van der Waals surface area contributed by atoms with E-state index in [0.29, 0.717) is 96.7 Å². The topological polar surface area (TPSA) is 186 Å². The number of aryl methyl sites for hydroxylation is 4. The number of imidazole rings is 4. The molecular weight excluding hydrogens is 1620 g/mol. The van der Waals surface area contributed by atoms with Gasteiger partial charge in [-0.3, -0.25) is 0 Å². The molecule has 0 fully saturated rings. The van der Waals surface area contributed by atoms with Gasteiger partial charge in [-0.1, -0.05) is 101 Å². The lowest BCUT2D eigenvalue weighted by Gasteiger charge is -2.11. The first kappa shape index (κ1) is 81.5. The normalized spacial score (nSPS) is 11.7. The Morgan fingerprint density at radius 2 is 0.578 bits per heavy atom. The average Bonchev–Trinajstić information content (AvgIpc) is 1.08. The number of ether oxygens (including phenoxy) is 2. The van der Waals surface area contributed by atoms with Crippen molar-refractivity contribution in [3.8, 4) is 148 Å². The average molecular weight is 1680 g/mol. The first-order chi connectivity index (χ1) is 55.0. The molecule has 14 nitrogen and oxygen atoms in total. The zero-order chi connectivity index (χ0) is 82.7. The van der Waals surface area contributed by atoms with Crippen LogP contribution in [0.1, 0.15) is 33.9 Å². The van der Waals surface area contributed by atoms with Crippen molar-refractivity contribution in [2.24, 2.45) is 0 Å². The van der Waals surface area contributed by atoms with E-state index in [1.54, 1.807) is 91.0 Å². The summed E-state index contributed by atoms with van der Waals surface area (Å²) >= 11 is 23.2. The second-order valence-electron chi connectivity index (χ2n) is 25.4. The molecule has 32 heteroatoms. The summed E-state index contributed by atoms with van der Waals surface area (Å²) in [5, 5.41) is -0.0797. The molecule has 0 aliphatic rings. The maximum atomic E-state index is 13.2. The summed E-state index contributed by atoms with van der Waals surface area (Å²) in [5.41, 5.74) is 9.34. The molecule has 0 bridgehead atoms. The molecule has 0 spiro atoms. The third-order valence-corrected chi connectivity index (χ3v) is 18.4. The number of nitrogens with one attached hydrogen (secondary N) is 4. The first-order valence-corrected chi connectivity index (χ1v) is 35.7. The molecule has 0 saturated carbocycles. The van der Waals surface area contributed by atoms with Gasteiger partial charge in [0.15, 0.2) is 46.3 Å². The molecule has 0 unspecified atom stereocenters. The summed E-state index contributed by atoms with van der Waals surface area (Å²) in [6.07, 6.45) is -18.6. The van der Waals surface area contributed by atoms with E-state index in [9.17, 15) is 61.5 Å². The third kappa shape index (κ3) is 19.6. The molecule has 8 aromatic carbocycles. The summed E-state index contributed by atoms with van der Waals surface area (Å²) in [7, 11) is 0. The zero-order valence-corrected chi connectivity index (χ0v) is 63.0. The molecule has 16 aromatic rings. The van der Waals surface area contributed by atoms with Crippen LogP contribution in [0.25, 0.3) is 137 Å². The van der Waals surface area contributed by atoms with Crippen LogP contribution in [0.2, 0.25) is 20.1 Å². The molecule has 0 amide bonds. The third-order valence-electron chi connectivity index (χ3n) is 17.2. The van der Waals surface area contributed by atoms with E-state index < -0.39 is 47.7 Å². The van der Waals surface area contributed by atoms with Gasteiger partial charge in [-0.15, -0.1) is 26.3 Å². The number of furan rings is 4. The maximum Gasteiger partial charge on any atom is 0.573 e. The molecule has 8 aromatic heterocycles. The van der Waals surface area contributed by atoms with E-state index in [0.717, 1.165) is 80.7 Å². The van der Waals surface area contributed by atoms with Gasteiger partial charge >= 0.3 is 25.1 Å². The number of aromatic amines is 4. The van der Waals surface area contributed by atoms with Gasteiger partial charge in [-0.25, -0.2) is 28.7 Å². The number of aromatic nitrogens is 8. The Bertz CT molecular complexity index is 5930. The molecular formula is C84H54Cl4F14N8O6. The fourth-order valence-electron chi connectivity index (χ4n) is 11.8. The van der Waals surface area contributed by atoms with E-state index in [4.69, 9.17) is 64.1 Å². The van der Waals surface area contributed by atoms with Crippen LogP contribution >= 0.6 is 46.4 Å². The molecule has 0 saturated heterocycles. The Balaban J connectivity index is 0.000000135. The van der Waals surface area contributed by atoms with E-state index in [1.165, 1.54) is 72.8 Å². The summed E-state index contributed by atoms with van der Waals surface area (Å²) in [6, 6.07) is 58.5. The van der Waals surface area contributed by atoms with Crippen molar-refractivity contribution in [2.45, 2.75) is 52.8 Å². The van der Waals surface area contributed by atoms with E-state index in [1.807, 2.05) is 70.2 Å². The highest BCUT2D eigenvalue weighted by Gasteiger charge is 2.36. The number of benzene rings is 8. The van der Waals surface area contributed by atoms with Crippen LogP contribution in [0.5, 0.6) is 11.5 Å². The number of alkyl halides is 12. The maximum absolute atomic E-state index is 13.2. The van der Waals surface area contributed by atoms with Gasteiger partial charge in [0.2, 0.25) is 0 Å². The minimum Gasteiger partial charge on any atom is -0.453 e. The molecule has 0 radical (unpaired) electrons. The standard InChI is InChI=1S/C21H13Cl2F3N2O2.C21H13ClF4N2O2.C21H13ClF4N2O.C21H15F3N2O/c1-11-19(12-2-5-14(22)6-3-12)28-20(27-11)17-9-8-16(29-17)13-4-7-15(23)18(10-13)30-21(24,25)26;1-11-19(12-2-5-14(23)6-3-12)28-20(27-11)17-9-8-16(29-17)13-4-7-15(22)18(10-13)30-21(24,25)26;1-11-19(12-2-5-14(23)6-3-12)28-20(27-11)18-9-8-17(29-18)13-4-7-16(22)15(10-13)21(24,25)26;1-13-19(15-5-3-2-4-6-15)26-20(25-13)18-12-11-17(27-18)14-7-9-16(10-8-14)21(22,23)24/h2*2-10H,1H3,(H,27,28);2-10H,1H3,(H,27,28);2-12H,1H3,(H,25,26). The van der Waals surface area contributed by atoms with Crippen LogP contribution in [0.15, 0.2) is 248 Å². The van der Waals surface area contributed by atoms with Crippen molar-refractivity contribution in [3.05, 3.63) is 296 Å². The zero-order valence-electron chi connectivity index (χ0n) is 60.0. The lowest BCUT2D eigenvalue weighted by Crippen LogP contribution is -2.17. The van der Waals surface area contributed by atoms with Gasteiger partial charge in [0, 0.05) is 72.3 Å². The Kier molecular flexibility index (Phi) is 23.6. The number of rotatable bonds is 14.